The van der Waals surface area contributed by atoms with Crippen LogP contribution in [0.25, 0.3) is 0 Å². The molecule has 96 valence electrons. The highest BCUT2D eigenvalue weighted by atomic mass is 16.1. The molecule has 0 aliphatic heterocycles. The van der Waals surface area contributed by atoms with Crippen molar-refractivity contribution in [3.63, 3.8) is 0 Å². The molecule has 0 saturated carbocycles. The third-order valence-corrected chi connectivity index (χ3v) is 2.51. The van der Waals surface area contributed by atoms with E-state index in [1.807, 2.05) is 42.6 Å². The Hall–Kier alpha value is -2.54. The molecule has 2 aromatic rings. The van der Waals surface area contributed by atoms with E-state index in [0.29, 0.717) is 19.5 Å². The predicted octanol–water partition coefficient (Wildman–Crippen LogP) is 1.44. The van der Waals surface area contributed by atoms with E-state index in [1.54, 1.807) is 10.9 Å². The highest BCUT2D eigenvalue weighted by Crippen LogP contribution is 1.94. The highest BCUT2D eigenvalue weighted by molar-refractivity contribution is 5.76. The smallest absolute Gasteiger partial charge is 0.222 e. The molecule has 0 atom stereocenters. The number of benzene rings is 1. The molecule has 1 N–H and O–H groups in total. The molecule has 0 aliphatic carbocycles. The molecule has 1 aromatic heterocycles. The topological polar surface area (TPSA) is 46.9 Å². The third-order valence-electron chi connectivity index (χ3n) is 2.51. The molecule has 1 aromatic carbocycles. The second-order valence-electron chi connectivity index (χ2n) is 3.96. The zero-order valence-corrected chi connectivity index (χ0v) is 10.5. The number of carbonyl (C=O) groups is 1. The van der Waals surface area contributed by atoms with E-state index in [2.05, 4.69) is 22.3 Å². The van der Waals surface area contributed by atoms with Gasteiger partial charge in [0.25, 0.3) is 0 Å². The summed E-state index contributed by atoms with van der Waals surface area (Å²) in [5, 5.41) is 6.79. The average molecular weight is 253 g/mol. The van der Waals surface area contributed by atoms with Gasteiger partial charge < -0.3 is 5.32 Å². The molecular weight excluding hydrogens is 238 g/mol. The quantitative estimate of drug-likeness (QED) is 0.838. The van der Waals surface area contributed by atoms with Crippen molar-refractivity contribution in [3.05, 3.63) is 54.4 Å². The van der Waals surface area contributed by atoms with E-state index >= 15 is 0 Å². The Morgan fingerprint density at radius 1 is 1.26 bits per heavy atom. The van der Waals surface area contributed by atoms with Gasteiger partial charge in [0.15, 0.2) is 0 Å². The summed E-state index contributed by atoms with van der Waals surface area (Å²) in [4.78, 5) is 11.5. The lowest BCUT2D eigenvalue weighted by atomic mass is 10.2. The minimum atomic E-state index is -0.0159. The SMILES string of the molecule is O=C(CCn1cccn1)NCC#Cc1ccccc1. The minimum Gasteiger partial charge on any atom is -0.345 e. The zero-order valence-electron chi connectivity index (χ0n) is 10.5. The van der Waals surface area contributed by atoms with Crippen LogP contribution in [0.1, 0.15) is 12.0 Å². The highest BCUT2D eigenvalue weighted by Gasteiger charge is 1.99. The lowest BCUT2D eigenvalue weighted by molar-refractivity contribution is -0.121. The molecule has 0 bridgehead atoms. The van der Waals surface area contributed by atoms with E-state index in [9.17, 15) is 4.79 Å². The molecule has 2 rings (SSSR count). The van der Waals surface area contributed by atoms with Crippen molar-refractivity contribution >= 4 is 5.91 Å². The van der Waals surface area contributed by atoms with Gasteiger partial charge in [0.05, 0.1) is 6.54 Å². The molecule has 4 heteroatoms. The Labute approximate surface area is 112 Å². The Morgan fingerprint density at radius 3 is 2.84 bits per heavy atom. The van der Waals surface area contributed by atoms with Crippen molar-refractivity contribution in [3.8, 4) is 11.8 Å². The third kappa shape index (κ3) is 4.68. The number of hydrogen-bond acceptors (Lipinski definition) is 2. The first-order valence-corrected chi connectivity index (χ1v) is 6.12. The molecule has 0 radical (unpaired) electrons. The van der Waals surface area contributed by atoms with Gasteiger partial charge >= 0.3 is 0 Å². The van der Waals surface area contributed by atoms with E-state index in [-0.39, 0.29) is 5.91 Å². The van der Waals surface area contributed by atoms with Crippen LogP contribution in [0.15, 0.2) is 48.8 Å². The number of carbonyl (C=O) groups excluding carboxylic acids is 1. The monoisotopic (exact) mass is 253 g/mol. The fourth-order valence-corrected chi connectivity index (χ4v) is 1.55. The average Bonchev–Trinajstić information content (AvgIpc) is 2.96. The largest absolute Gasteiger partial charge is 0.345 e. The van der Waals surface area contributed by atoms with Crippen LogP contribution in [0, 0.1) is 11.8 Å². The summed E-state index contributed by atoms with van der Waals surface area (Å²) in [6.07, 6.45) is 3.94. The van der Waals surface area contributed by atoms with Crippen LogP contribution in [0.2, 0.25) is 0 Å². The fraction of sp³-hybridized carbons (Fsp3) is 0.200. The van der Waals surface area contributed by atoms with Crippen LogP contribution in [-0.4, -0.2) is 22.2 Å². The number of aromatic nitrogens is 2. The maximum atomic E-state index is 11.5. The second-order valence-corrected chi connectivity index (χ2v) is 3.96. The van der Waals surface area contributed by atoms with Crippen molar-refractivity contribution in [2.75, 3.05) is 6.54 Å². The lowest BCUT2D eigenvalue weighted by Gasteiger charge is -2.01. The van der Waals surface area contributed by atoms with Gasteiger partial charge in [-0.25, -0.2) is 0 Å². The van der Waals surface area contributed by atoms with Crippen LogP contribution in [-0.2, 0) is 11.3 Å². The Bertz CT molecular complexity index is 564. The number of nitrogens with zero attached hydrogens (tertiary/aromatic N) is 2. The van der Waals surface area contributed by atoms with Crippen molar-refractivity contribution in [2.24, 2.45) is 0 Å². The van der Waals surface area contributed by atoms with Crippen LogP contribution in [0.5, 0.6) is 0 Å². The molecule has 0 aliphatic rings. The van der Waals surface area contributed by atoms with Crippen molar-refractivity contribution in [1.29, 1.82) is 0 Å². The summed E-state index contributed by atoms with van der Waals surface area (Å²) < 4.78 is 1.73. The Kier molecular flexibility index (Phi) is 4.77. The molecule has 19 heavy (non-hydrogen) atoms. The van der Waals surface area contributed by atoms with E-state index in [1.165, 1.54) is 0 Å². The number of amides is 1. The molecule has 1 amide bonds. The van der Waals surface area contributed by atoms with Gasteiger partial charge in [0, 0.05) is 30.9 Å². The summed E-state index contributed by atoms with van der Waals surface area (Å²) in [5.74, 6) is 5.89. The van der Waals surface area contributed by atoms with Crippen LogP contribution >= 0.6 is 0 Å². The summed E-state index contributed by atoms with van der Waals surface area (Å²) in [6, 6.07) is 11.5. The van der Waals surface area contributed by atoms with Gasteiger partial charge in [-0.2, -0.15) is 5.10 Å². The lowest BCUT2D eigenvalue weighted by Crippen LogP contribution is -2.24. The maximum Gasteiger partial charge on any atom is 0.222 e. The van der Waals surface area contributed by atoms with Crippen LogP contribution in [0.4, 0.5) is 0 Å². The van der Waals surface area contributed by atoms with Crippen LogP contribution in [0.3, 0.4) is 0 Å². The molecular formula is C15H15N3O. The fourth-order valence-electron chi connectivity index (χ4n) is 1.55. The molecule has 4 nitrogen and oxygen atoms in total. The Balaban J connectivity index is 1.68. The summed E-state index contributed by atoms with van der Waals surface area (Å²) in [6.45, 7) is 0.956. The molecule has 0 unspecified atom stereocenters. The van der Waals surface area contributed by atoms with E-state index in [0.717, 1.165) is 5.56 Å². The van der Waals surface area contributed by atoms with E-state index < -0.39 is 0 Å². The van der Waals surface area contributed by atoms with Gasteiger partial charge in [-0.3, -0.25) is 9.48 Å². The first-order valence-electron chi connectivity index (χ1n) is 6.12. The first-order chi connectivity index (χ1) is 9.34. The predicted molar refractivity (Wildman–Crippen MR) is 73.2 cm³/mol. The second kappa shape index (κ2) is 7.02. The standard InChI is InChI=1S/C15H15N3O/c19-15(9-13-18-12-5-11-17-18)16-10-4-8-14-6-2-1-3-7-14/h1-3,5-7,11-12H,9-10,13H2,(H,16,19). The first kappa shape index (κ1) is 12.9. The maximum absolute atomic E-state index is 11.5. The number of nitrogens with one attached hydrogen (secondary N) is 1. The number of rotatable bonds is 4. The van der Waals surface area contributed by atoms with Crippen molar-refractivity contribution < 1.29 is 4.79 Å². The normalized spacial score (nSPS) is 9.47. The minimum absolute atomic E-state index is 0.0159. The van der Waals surface area contributed by atoms with E-state index in [4.69, 9.17) is 0 Å². The summed E-state index contributed by atoms with van der Waals surface area (Å²) >= 11 is 0. The molecule has 0 spiro atoms. The van der Waals surface area contributed by atoms with Gasteiger partial charge in [0.1, 0.15) is 0 Å². The van der Waals surface area contributed by atoms with Gasteiger partial charge in [0.2, 0.25) is 5.91 Å². The zero-order chi connectivity index (χ0) is 13.3. The Morgan fingerprint density at radius 2 is 2.11 bits per heavy atom. The van der Waals surface area contributed by atoms with Crippen molar-refractivity contribution in [1.82, 2.24) is 15.1 Å². The molecule has 0 fully saturated rings. The molecule has 0 saturated heterocycles. The number of hydrogen-bond donors (Lipinski definition) is 1. The van der Waals surface area contributed by atoms with Crippen molar-refractivity contribution in [2.45, 2.75) is 13.0 Å². The molecule has 1 heterocycles. The number of aryl methyl sites for hydroxylation is 1. The van der Waals surface area contributed by atoms with Gasteiger partial charge in [-0.1, -0.05) is 30.0 Å². The summed E-state index contributed by atoms with van der Waals surface area (Å²) in [5.41, 5.74) is 0.952. The van der Waals surface area contributed by atoms with Crippen LogP contribution < -0.4 is 5.32 Å². The summed E-state index contributed by atoms with van der Waals surface area (Å²) in [7, 11) is 0. The van der Waals surface area contributed by atoms with Gasteiger partial charge in [-0.05, 0) is 18.2 Å². The van der Waals surface area contributed by atoms with Gasteiger partial charge in [-0.15, -0.1) is 0 Å².